The Hall–Kier alpha value is -3.76. The SMILES string of the molecule is CC#Cc1ccc(-c2ccc(N(c3cccc(CCC)c3)c3cccc(CCC)c3)cc2)cc1. The maximum atomic E-state index is 3.12. The van der Waals surface area contributed by atoms with Crippen molar-refractivity contribution in [1.29, 1.82) is 0 Å². The van der Waals surface area contributed by atoms with Gasteiger partial charge in [0.05, 0.1) is 0 Å². The van der Waals surface area contributed by atoms with Crippen LogP contribution in [-0.4, -0.2) is 0 Å². The highest BCUT2D eigenvalue weighted by molar-refractivity contribution is 5.79. The summed E-state index contributed by atoms with van der Waals surface area (Å²) in [6, 6.07) is 35.3. The van der Waals surface area contributed by atoms with Gasteiger partial charge in [-0.25, -0.2) is 0 Å². The third-order valence-electron chi connectivity index (χ3n) is 6.03. The van der Waals surface area contributed by atoms with Crippen LogP contribution in [0.5, 0.6) is 0 Å². The summed E-state index contributed by atoms with van der Waals surface area (Å²) in [4.78, 5) is 2.38. The molecule has 170 valence electrons. The Morgan fingerprint density at radius 2 is 1.09 bits per heavy atom. The molecule has 0 aliphatic rings. The van der Waals surface area contributed by atoms with Crippen LogP contribution >= 0.6 is 0 Å². The maximum Gasteiger partial charge on any atom is 0.0464 e. The predicted molar refractivity (Wildman–Crippen MR) is 147 cm³/mol. The molecule has 0 heterocycles. The summed E-state index contributed by atoms with van der Waals surface area (Å²) in [5.74, 6) is 6.08. The van der Waals surface area contributed by atoms with E-state index in [4.69, 9.17) is 0 Å². The molecule has 0 amide bonds. The molecule has 0 aromatic heterocycles. The van der Waals surface area contributed by atoms with Crippen LogP contribution in [0.15, 0.2) is 97.1 Å². The highest BCUT2D eigenvalue weighted by atomic mass is 15.1. The minimum atomic E-state index is 1.05. The van der Waals surface area contributed by atoms with E-state index in [1.54, 1.807) is 0 Å². The van der Waals surface area contributed by atoms with Gasteiger partial charge in [0.15, 0.2) is 0 Å². The average molecular weight is 444 g/mol. The van der Waals surface area contributed by atoms with Crippen molar-refractivity contribution < 1.29 is 0 Å². The van der Waals surface area contributed by atoms with E-state index in [-0.39, 0.29) is 0 Å². The Bertz CT molecular complexity index is 1220. The molecule has 0 saturated carbocycles. The molecule has 0 fully saturated rings. The lowest BCUT2D eigenvalue weighted by Crippen LogP contribution is -2.10. The third-order valence-corrected chi connectivity index (χ3v) is 6.03. The summed E-state index contributed by atoms with van der Waals surface area (Å²) in [6.45, 7) is 6.34. The second kappa shape index (κ2) is 11.4. The lowest BCUT2D eigenvalue weighted by molar-refractivity contribution is 0.919. The van der Waals surface area contributed by atoms with Crippen molar-refractivity contribution in [3.8, 4) is 23.0 Å². The standard InChI is InChI=1S/C33H33N/c1-4-9-26-16-18-29(19-17-26)30-20-22-31(23-21-30)34(32-14-7-12-27(24-32)10-5-2)33-15-8-13-28(25-33)11-6-3/h7-8,12-25H,5-6,10-11H2,1-3H3. The van der Waals surface area contributed by atoms with Gasteiger partial charge in [-0.15, -0.1) is 5.92 Å². The van der Waals surface area contributed by atoms with Crippen molar-refractivity contribution in [3.05, 3.63) is 114 Å². The molecule has 0 bridgehead atoms. The average Bonchev–Trinajstić information content (AvgIpc) is 2.86. The highest BCUT2D eigenvalue weighted by Crippen LogP contribution is 2.36. The summed E-state index contributed by atoms with van der Waals surface area (Å²) in [5.41, 5.74) is 9.79. The highest BCUT2D eigenvalue weighted by Gasteiger charge is 2.14. The molecule has 1 heteroatoms. The molecule has 0 radical (unpaired) electrons. The fourth-order valence-electron chi connectivity index (χ4n) is 4.42. The number of benzene rings is 4. The van der Waals surface area contributed by atoms with Gasteiger partial charge in [-0.05, 0) is 90.6 Å². The first-order valence-electron chi connectivity index (χ1n) is 12.3. The molecule has 4 aromatic rings. The quantitative estimate of drug-likeness (QED) is 0.245. The van der Waals surface area contributed by atoms with Gasteiger partial charge in [0.25, 0.3) is 0 Å². The summed E-state index contributed by atoms with van der Waals surface area (Å²) in [6.07, 6.45) is 4.48. The zero-order chi connectivity index (χ0) is 23.8. The first-order valence-corrected chi connectivity index (χ1v) is 12.3. The largest absolute Gasteiger partial charge is 0.310 e. The Morgan fingerprint density at radius 3 is 1.56 bits per heavy atom. The molecule has 1 nitrogen and oxygen atoms in total. The minimum Gasteiger partial charge on any atom is -0.310 e. The van der Waals surface area contributed by atoms with Crippen LogP contribution in [0.4, 0.5) is 17.1 Å². The number of hydrogen-bond donors (Lipinski definition) is 0. The summed E-state index contributed by atoms with van der Waals surface area (Å²) in [5, 5.41) is 0. The van der Waals surface area contributed by atoms with Crippen molar-refractivity contribution in [3.63, 3.8) is 0 Å². The Labute approximate surface area is 205 Å². The molecular formula is C33H33N. The van der Waals surface area contributed by atoms with E-state index >= 15 is 0 Å². The third kappa shape index (κ3) is 5.59. The number of hydrogen-bond acceptors (Lipinski definition) is 1. The first kappa shape index (κ1) is 23.4. The fourth-order valence-corrected chi connectivity index (χ4v) is 4.42. The monoisotopic (exact) mass is 443 g/mol. The number of rotatable bonds is 8. The van der Waals surface area contributed by atoms with Gasteiger partial charge in [-0.2, -0.15) is 0 Å². The molecule has 0 spiro atoms. The van der Waals surface area contributed by atoms with Crippen LogP contribution in [0.3, 0.4) is 0 Å². The van der Waals surface area contributed by atoms with Crippen molar-refractivity contribution >= 4 is 17.1 Å². The summed E-state index contributed by atoms with van der Waals surface area (Å²) < 4.78 is 0. The van der Waals surface area contributed by atoms with Crippen molar-refractivity contribution in [2.75, 3.05) is 4.90 Å². The fraction of sp³-hybridized carbons (Fsp3) is 0.212. The Kier molecular flexibility index (Phi) is 7.84. The van der Waals surface area contributed by atoms with E-state index in [9.17, 15) is 0 Å². The topological polar surface area (TPSA) is 3.24 Å². The molecule has 0 aliphatic carbocycles. The van der Waals surface area contributed by atoms with E-state index in [0.29, 0.717) is 0 Å². The van der Waals surface area contributed by atoms with Crippen LogP contribution in [0.25, 0.3) is 11.1 Å². The van der Waals surface area contributed by atoms with Gasteiger partial charge in [0, 0.05) is 22.6 Å². The molecule has 0 atom stereocenters. The van der Waals surface area contributed by atoms with Crippen LogP contribution in [0.1, 0.15) is 50.3 Å². The molecule has 0 unspecified atom stereocenters. The van der Waals surface area contributed by atoms with Gasteiger partial charge < -0.3 is 4.90 Å². The number of nitrogens with zero attached hydrogens (tertiary/aromatic N) is 1. The van der Waals surface area contributed by atoms with E-state index < -0.39 is 0 Å². The predicted octanol–water partition coefficient (Wildman–Crippen LogP) is 9.10. The van der Waals surface area contributed by atoms with Crippen molar-refractivity contribution in [2.24, 2.45) is 0 Å². The second-order valence-electron chi connectivity index (χ2n) is 8.67. The lowest BCUT2D eigenvalue weighted by Gasteiger charge is -2.26. The van der Waals surface area contributed by atoms with E-state index in [1.165, 1.54) is 39.3 Å². The number of aryl methyl sites for hydroxylation is 2. The smallest absolute Gasteiger partial charge is 0.0464 e. The van der Waals surface area contributed by atoms with Crippen LogP contribution in [0, 0.1) is 11.8 Å². The molecule has 4 rings (SSSR count). The van der Waals surface area contributed by atoms with Gasteiger partial charge in [-0.1, -0.05) is 81.1 Å². The maximum absolute atomic E-state index is 3.12. The zero-order valence-corrected chi connectivity index (χ0v) is 20.5. The number of anilines is 3. The molecule has 0 N–H and O–H groups in total. The molecule has 0 aliphatic heterocycles. The van der Waals surface area contributed by atoms with E-state index in [1.807, 2.05) is 6.92 Å². The lowest BCUT2D eigenvalue weighted by atomic mass is 10.0. The normalized spacial score (nSPS) is 10.4. The van der Waals surface area contributed by atoms with Crippen LogP contribution in [0.2, 0.25) is 0 Å². The van der Waals surface area contributed by atoms with Gasteiger partial charge in [0.1, 0.15) is 0 Å². The molecule has 4 aromatic carbocycles. The first-order chi connectivity index (χ1) is 16.7. The molecule has 0 saturated heterocycles. The van der Waals surface area contributed by atoms with Crippen molar-refractivity contribution in [2.45, 2.75) is 46.5 Å². The van der Waals surface area contributed by atoms with Crippen molar-refractivity contribution in [1.82, 2.24) is 0 Å². The van der Waals surface area contributed by atoms with E-state index in [2.05, 4.69) is 128 Å². The Balaban J connectivity index is 1.73. The summed E-state index contributed by atoms with van der Waals surface area (Å²) in [7, 11) is 0. The van der Waals surface area contributed by atoms with Gasteiger partial charge in [0.2, 0.25) is 0 Å². The van der Waals surface area contributed by atoms with E-state index in [0.717, 1.165) is 31.2 Å². The van der Waals surface area contributed by atoms with Gasteiger partial charge in [-0.3, -0.25) is 0 Å². The Morgan fingerprint density at radius 1 is 0.588 bits per heavy atom. The van der Waals surface area contributed by atoms with Crippen LogP contribution in [-0.2, 0) is 12.8 Å². The van der Waals surface area contributed by atoms with Gasteiger partial charge >= 0.3 is 0 Å². The molecule has 34 heavy (non-hydrogen) atoms. The minimum absolute atomic E-state index is 1.05. The molecular weight excluding hydrogens is 410 g/mol. The van der Waals surface area contributed by atoms with Crippen LogP contribution < -0.4 is 4.90 Å². The zero-order valence-electron chi connectivity index (χ0n) is 20.5. The second-order valence-corrected chi connectivity index (χ2v) is 8.67. The summed E-state index contributed by atoms with van der Waals surface area (Å²) >= 11 is 0.